The standard InChI is InChI=1S/C40H30O/c1-6-23-40(24-7-1)35-13-4-2-9-30(35)31-20-19-28(25-36(31)40)26-15-17-27(18-16-26)29-21-22-38-39-33(29)11-8-12-34(39)32-10-3-5-14-37(32)41-38/h2-5,8-22,25H,1,6-7,23-24H2. The Kier molecular flexibility index (Phi) is 4.90. The Bertz CT molecular complexity index is 1990. The number of benzene rings is 6. The van der Waals surface area contributed by atoms with Crippen LogP contribution in [0.4, 0.5) is 0 Å². The third-order valence-electron chi connectivity index (χ3n) is 9.90. The van der Waals surface area contributed by atoms with E-state index in [1.165, 1.54) is 81.8 Å². The number of fused-ring (bicyclic) bond motifs is 7. The minimum Gasteiger partial charge on any atom is -0.456 e. The molecule has 3 aliphatic rings. The lowest BCUT2D eigenvalue weighted by atomic mass is 9.67. The fraction of sp³-hybridized carbons (Fsp3) is 0.150. The third-order valence-corrected chi connectivity index (χ3v) is 9.90. The van der Waals surface area contributed by atoms with Gasteiger partial charge in [0, 0.05) is 16.4 Å². The van der Waals surface area contributed by atoms with Crippen molar-refractivity contribution in [1.82, 2.24) is 0 Å². The molecule has 1 spiro atoms. The van der Waals surface area contributed by atoms with Crippen LogP contribution in [-0.4, -0.2) is 0 Å². The molecule has 6 aromatic carbocycles. The summed E-state index contributed by atoms with van der Waals surface area (Å²) in [5.41, 5.74) is 13.6. The SMILES string of the molecule is c1ccc2c(c1)Oc1ccc(-c3ccc(-c4ccc5c(c4)C4(CCCCC4)c4ccccc4-5)cc3)c3cccc-2c13. The Labute approximate surface area is 241 Å². The van der Waals surface area contributed by atoms with Crippen molar-refractivity contribution in [3.05, 3.63) is 132 Å². The van der Waals surface area contributed by atoms with E-state index in [2.05, 4.69) is 115 Å². The van der Waals surface area contributed by atoms with Gasteiger partial charge in [0.15, 0.2) is 0 Å². The molecule has 0 saturated heterocycles. The summed E-state index contributed by atoms with van der Waals surface area (Å²) >= 11 is 0. The van der Waals surface area contributed by atoms with E-state index in [1.54, 1.807) is 11.1 Å². The van der Waals surface area contributed by atoms with E-state index in [-0.39, 0.29) is 5.41 Å². The molecule has 0 radical (unpaired) electrons. The van der Waals surface area contributed by atoms with Crippen LogP contribution < -0.4 is 4.74 Å². The van der Waals surface area contributed by atoms with Crippen molar-refractivity contribution < 1.29 is 4.74 Å². The van der Waals surface area contributed by atoms with Gasteiger partial charge in [-0.15, -0.1) is 0 Å². The van der Waals surface area contributed by atoms with Crippen molar-refractivity contribution in [2.24, 2.45) is 0 Å². The molecule has 1 heterocycles. The topological polar surface area (TPSA) is 9.23 Å². The average molecular weight is 527 g/mol. The molecule has 1 aliphatic heterocycles. The number of ether oxygens (including phenoxy) is 1. The zero-order valence-corrected chi connectivity index (χ0v) is 23.0. The molecule has 1 heteroatoms. The van der Waals surface area contributed by atoms with Crippen molar-refractivity contribution in [2.45, 2.75) is 37.5 Å². The Morgan fingerprint density at radius 2 is 1.12 bits per heavy atom. The minimum atomic E-state index is 0.185. The molecule has 0 bridgehead atoms. The van der Waals surface area contributed by atoms with Crippen LogP contribution in [0.25, 0.3) is 55.3 Å². The lowest BCUT2D eigenvalue weighted by Crippen LogP contribution is -2.28. The number of para-hydroxylation sites is 1. The van der Waals surface area contributed by atoms with Gasteiger partial charge in [-0.25, -0.2) is 0 Å². The normalized spacial score (nSPS) is 15.7. The molecule has 9 rings (SSSR count). The summed E-state index contributed by atoms with van der Waals surface area (Å²) in [6.07, 6.45) is 6.52. The van der Waals surface area contributed by atoms with Gasteiger partial charge in [-0.05, 0) is 86.5 Å². The number of hydrogen-bond donors (Lipinski definition) is 0. The minimum absolute atomic E-state index is 0.185. The fourth-order valence-corrected chi connectivity index (χ4v) is 8.00. The van der Waals surface area contributed by atoms with Crippen molar-refractivity contribution in [2.75, 3.05) is 0 Å². The molecule has 6 aromatic rings. The summed E-state index contributed by atoms with van der Waals surface area (Å²) in [4.78, 5) is 0. The lowest BCUT2D eigenvalue weighted by Gasteiger charge is -2.36. The fourth-order valence-electron chi connectivity index (χ4n) is 8.00. The van der Waals surface area contributed by atoms with E-state index in [1.807, 2.05) is 6.07 Å². The zero-order valence-electron chi connectivity index (χ0n) is 23.0. The predicted molar refractivity (Wildman–Crippen MR) is 170 cm³/mol. The first-order chi connectivity index (χ1) is 20.3. The maximum atomic E-state index is 6.32. The zero-order chi connectivity index (χ0) is 27.0. The highest BCUT2D eigenvalue weighted by atomic mass is 16.5. The van der Waals surface area contributed by atoms with Gasteiger partial charge in [0.25, 0.3) is 0 Å². The van der Waals surface area contributed by atoms with Crippen molar-refractivity contribution in [3.8, 4) is 56.0 Å². The van der Waals surface area contributed by atoms with E-state index in [4.69, 9.17) is 4.74 Å². The summed E-state index contributed by atoms with van der Waals surface area (Å²) in [5, 5.41) is 2.43. The molecule has 2 aliphatic carbocycles. The molecule has 1 fully saturated rings. The molecule has 41 heavy (non-hydrogen) atoms. The van der Waals surface area contributed by atoms with Gasteiger partial charge < -0.3 is 4.74 Å². The van der Waals surface area contributed by atoms with Crippen LogP contribution >= 0.6 is 0 Å². The molecular formula is C40H30O. The van der Waals surface area contributed by atoms with Gasteiger partial charge in [-0.3, -0.25) is 0 Å². The Hall–Kier alpha value is -4.62. The molecular weight excluding hydrogens is 496 g/mol. The highest BCUT2D eigenvalue weighted by Crippen LogP contribution is 2.56. The van der Waals surface area contributed by atoms with Crippen LogP contribution in [0.1, 0.15) is 43.2 Å². The highest BCUT2D eigenvalue weighted by Gasteiger charge is 2.43. The molecule has 0 N–H and O–H groups in total. The van der Waals surface area contributed by atoms with Crippen LogP contribution in [0.5, 0.6) is 11.5 Å². The van der Waals surface area contributed by atoms with E-state index < -0.39 is 0 Å². The van der Waals surface area contributed by atoms with Gasteiger partial charge in [0.2, 0.25) is 0 Å². The summed E-state index contributed by atoms with van der Waals surface area (Å²) in [7, 11) is 0. The average Bonchev–Trinajstić information content (AvgIpc) is 3.30. The Morgan fingerprint density at radius 1 is 0.439 bits per heavy atom. The van der Waals surface area contributed by atoms with Crippen LogP contribution in [0, 0.1) is 0 Å². The summed E-state index contributed by atoms with van der Waals surface area (Å²) in [6.45, 7) is 0. The second-order valence-corrected chi connectivity index (χ2v) is 12.0. The molecule has 1 saturated carbocycles. The van der Waals surface area contributed by atoms with Crippen LogP contribution in [0.3, 0.4) is 0 Å². The van der Waals surface area contributed by atoms with E-state index in [0.29, 0.717) is 0 Å². The summed E-state index contributed by atoms with van der Waals surface area (Å²) in [5.74, 6) is 1.86. The van der Waals surface area contributed by atoms with Crippen molar-refractivity contribution >= 4 is 10.8 Å². The Morgan fingerprint density at radius 3 is 2.00 bits per heavy atom. The molecule has 0 atom stereocenters. The Balaban J connectivity index is 1.12. The summed E-state index contributed by atoms with van der Waals surface area (Å²) in [6, 6.07) is 44.8. The predicted octanol–water partition coefficient (Wildman–Crippen LogP) is 11.2. The monoisotopic (exact) mass is 526 g/mol. The summed E-state index contributed by atoms with van der Waals surface area (Å²) < 4.78 is 6.32. The molecule has 1 nitrogen and oxygen atoms in total. The van der Waals surface area contributed by atoms with E-state index >= 15 is 0 Å². The first-order valence-electron chi connectivity index (χ1n) is 15.0. The molecule has 0 aromatic heterocycles. The van der Waals surface area contributed by atoms with E-state index in [0.717, 1.165) is 17.1 Å². The third kappa shape index (κ3) is 3.29. The van der Waals surface area contributed by atoms with Crippen molar-refractivity contribution in [3.63, 3.8) is 0 Å². The second kappa shape index (κ2) is 8.69. The first-order valence-corrected chi connectivity index (χ1v) is 15.0. The van der Waals surface area contributed by atoms with Crippen molar-refractivity contribution in [1.29, 1.82) is 0 Å². The maximum Gasteiger partial charge on any atom is 0.135 e. The second-order valence-electron chi connectivity index (χ2n) is 12.0. The van der Waals surface area contributed by atoms with Crippen LogP contribution in [-0.2, 0) is 5.41 Å². The number of rotatable bonds is 2. The van der Waals surface area contributed by atoms with Gasteiger partial charge in [-0.1, -0.05) is 122 Å². The largest absolute Gasteiger partial charge is 0.456 e. The van der Waals surface area contributed by atoms with Gasteiger partial charge in [-0.2, -0.15) is 0 Å². The lowest BCUT2D eigenvalue weighted by molar-refractivity contribution is 0.353. The highest BCUT2D eigenvalue weighted by molar-refractivity contribution is 6.09. The van der Waals surface area contributed by atoms with Crippen LogP contribution in [0.2, 0.25) is 0 Å². The van der Waals surface area contributed by atoms with Gasteiger partial charge >= 0.3 is 0 Å². The van der Waals surface area contributed by atoms with E-state index in [9.17, 15) is 0 Å². The quantitative estimate of drug-likeness (QED) is 0.218. The maximum absolute atomic E-state index is 6.32. The van der Waals surface area contributed by atoms with Gasteiger partial charge in [0.1, 0.15) is 11.5 Å². The molecule has 0 unspecified atom stereocenters. The van der Waals surface area contributed by atoms with Crippen LogP contribution in [0.15, 0.2) is 121 Å². The molecule has 0 amide bonds. The number of hydrogen-bond acceptors (Lipinski definition) is 1. The molecule has 196 valence electrons. The smallest absolute Gasteiger partial charge is 0.135 e. The first kappa shape index (κ1) is 23.1. The van der Waals surface area contributed by atoms with Gasteiger partial charge in [0.05, 0.1) is 0 Å².